The number of nitrogens with zero attached hydrogens (tertiary/aromatic N) is 8. The molecule has 2 aromatic carbocycles. The van der Waals surface area contributed by atoms with Gasteiger partial charge >= 0.3 is 12.3 Å². The second-order valence-corrected chi connectivity index (χ2v) is 18.3. The molecule has 0 spiro atoms. The quantitative estimate of drug-likeness (QED) is 0.185. The monoisotopic (exact) mass is 979 g/mol. The van der Waals surface area contributed by atoms with Crippen molar-refractivity contribution in [2.24, 2.45) is 0 Å². The number of benzene rings is 2. The Balaban J connectivity index is 0.771. The van der Waals surface area contributed by atoms with Crippen LogP contribution >= 0.6 is 0 Å². The fraction of sp³-hybridized carbons (Fsp3) is 0.500. The molecule has 3 aromatic rings. The standard InChI is InChI=1S/C46H50F5N11O8/c1-57-33-24-52-44(56-38(33)61(28-5-2-3-6-28)25-45(47,48)43(57)69)54-30-10-9-26(23-34(30)70-46(49,50)51)39(65)53-27-13-17-60(18-14-27)36(64)15-16-58-19-21-59(22-20-58)31-8-4-7-29-37(31)42(68)62(41(29)67)32-11-12-35(63)55-40(32)66/h4,7-10,23-24,27-28,32H,2-3,5-6,11-22,25H2,1H3,(H,53,65)(H,52,54,56)(H,55,63,66). The number of amides is 7. The molecule has 372 valence electrons. The molecule has 9 rings (SSSR count). The van der Waals surface area contributed by atoms with Crippen molar-refractivity contribution in [2.75, 3.05) is 79.4 Å². The van der Waals surface area contributed by atoms with Crippen molar-refractivity contribution < 1.29 is 60.3 Å². The number of piperazine rings is 1. The van der Waals surface area contributed by atoms with E-state index in [1.807, 2.05) is 4.90 Å². The Bertz CT molecular complexity index is 2610. The third-order valence-corrected chi connectivity index (χ3v) is 13.8. The van der Waals surface area contributed by atoms with E-state index in [-0.39, 0.29) is 77.1 Å². The molecular weight excluding hydrogens is 930 g/mol. The molecule has 24 heteroatoms. The molecule has 3 N–H and O–H groups in total. The summed E-state index contributed by atoms with van der Waals surface area (Å²) in [4.78, 5) is 108. The molecule has 4 fully saturated rings. The van der Waals surface area contributed by atoms with Gasteiger partial charge < -0.3 is 35.0 Å². The van der Waals surface area contributed by atoms with E-state index >= 15 is 8.78 Å². The first-order chi connectivity index (χ1) is 33.3. The number of alkyl halides is 5. The Kier molecular flexibility index (Phi) is 13.1. The van der Waals surface area contributed by atoms with Crippen LogP contribution in [0.3, 0.4) is 0 Å². The zero-order valence-electron chi connectivity index (χ0n) is 38.0. The summed E-state index contributed by atoms with van der Waals surface area (Å²) in [6.45, 7) is 2.38. The van der Waals surface area contributed by atoms with Crippen LogP contribution < -0.4 is 35.4 Å². The SMILES string of the molecule is CN1C(=O)C(F)(F)CN(C2CCCC2)c2nc(Nc3ccc(C(=O)NC4CCN(C(=O)CCN5CCN(c6cccc7c6C(=O)N(C6CCC(=O)NC6=O)C7=O)CC5)CC4)cc3OC(F)(F)F)ncc21. The Morgan fingerprint density at radius 2 is 1.63 bits per heavy atom. The molecule has 70 heavy (non-hydrogen) atoms. The molecule has 6 heterocycles. The van der Waals surface area contributed by atoms with E-state index in [1.165, 1.54) is 24.1 Å². The normalized spacial score (nSPS) is 21.4. The fourth-order valence-corrected chi connectivity index (χ4v) is 10.1. The maximum absolute atomic E-state index is 15.1. The Labute approximate surface area is 397 Å². The highest BCUT2D eigenvalue weighted by molar-refractivity contribution is 6.25. The van der Waals surface area contributed by atoms with Gasteiger partial charge in [0, 0.05) is 83.3 Å². The van der Waals surface area contributed by atoms with Crippen LogP contribution in [0.2, 0.25) is 0 Å². The predicted molar refractivity (Wildman–Crippen MR) is 240 cm³/mol. The number of fused-ring (bicyclic) bond motifs is 2. The molecule has 1 saturated carbocycles. The molecule has 6 aliphatic rings. The van der Waals surface area contributed by atoms with Gasteiger partial charge in [0.15, 0.2) is 11.6 Å². The number of rotatable bonds is 11. The molecule has 0 radical (unpaired) electrons. The van der Waals surface area contributed by atoms with Gasteiger partial charge in [-0.05, 0) is 62.4 Å². The number of likely N-dealkylation sites (tertiary alicyclic amines) is 1. The lowest BCUT2D eigenvalue weighted by Gasteiger charge is -2.37. The molecule has 3 saturated heterocycles. The fourth-order valence-electron chi connectivity index (χ4n) is 10.1. The largest absolute Gasteiger partial charge is 0.573 e. The van der Waals surface area contributed by atoms with Crippen LogP contribution in [0.4, 0.5) is 50.8 Å². The maximum Gasteiger partial charge on any atom is 0.573 e. The van der Waals surface area contributed by atoms with Gasteiger partial charge in [-0.15, -0.1) is 13.2 Å². The van der Waals surface area contributed by atoms with E-state index in [9.17, 15) is 46.7 Å². The molecule has 1 unspecified atom stereocenters. The van der Waals surface area contributed by atoms with Crippen LogP contribution in [0.5, 0.6) is 5.75 Å². The van der Waals surface area contributed by atoms with Crippen molar-refractivity contribution in [1.29, 1.82) is 0 Å². The highest BCUT2D eigenvalue weighted by Crippen LogP contribution is 2.41. The van der Waals surface area contributed by atoms with Gasteiger partial charge in [-0.2, -0.15) is 13.8 Å². The first kappa shape index (κ1) is 48.1. The second kappa shape index (κ2) is 19.1. The number of hydrogen-bond donors (Lipinski definition) is 3. The summed E-state index contributed by atoms with van der Waals surface area (Å²) in [5.74, 6) is -9.23. The topological polar surface area (TPSA) is 210 Å². The number of anilines is 5. The third kappa shape index (κ3) is 9.77. The van der Waals surface area contributed by atoms with Gasteiger partial charge in [-0.1, -0.05) is 18.9 Å². The first-order valence-electron chi connectivity index (χ1n) is 23.2. The summed E-state index contributed by atoms with van der Waals surface area (Å²) in [6.07, 6.45) is -0.176. The van der Waals surface area contributed by atoms with Crippen LogP contribution in [0.1, 0.15) is 88.9 Å². The Morgan fingerprint density at radius 3 is 2.33 bits per heavy atom. The maximum atomic E-state index is 15.1. The van der Waals surface area contributed by atoms with Crippen LogP contribution in [0.25, 0.3) is 0 Å². The summed E-state index contributed by atoms with van der Waals surface area (Å²) >= 11 is 0. The second-order valence-electron chi connectivity index (χ2n) is 18.3. The first-order valence-corrected chi connectivity index (χ1v) is 23.2. The summed E-state index contributed by atoms with van der Waals surface area (Å²) in [5.41, 5.74) is 0.595. The van der Waals surface area contributed by atoms with Crippen LogP contribution in [-0.4, -0.2) is 156 Å². The molecule has 1 aromatic heterocycles. The van der Waals surface area contributed by atoms with Crippen LogP contribution in [-0.2, 0) is 19.2 Å². The molecular formula is C46H50F5N11O8. The van der Waals surface area contributed by atoms with Crippen molar-refractivity contribution in [2.45, 2.75) is 88.2 Å². The minimum absolute atomic E-state index is 0.0123. The van der Waals surface area contributed by atoms with E-state index in [1.54, 1.807) is 23.1 Å². The summed E-state index contributed by atoms with van der Waals surface area (Å²) in [6, 6.07) is 6.57. The zero-order valence-corrected chi connectivity index (χ0v) is 38.0. The lowest BCUT2D eigenvalue weighted by atomic mass is 10.0. The number of carbonyl (C=O) groups excluding carboxylic acids is 7. The highest BCUT2D eigenvalue weighted by Gasteiger charge is 2.49. The van der Waals surface area contributed by atoms with Crippen LogP contribution in [0, 0.1) is 0 Å². The van der Waals surface area contributed by atoms with Gasteiger partial charge in [-0.3, -0.25) is 48.7 Å². The Hall–Kier alpha value is -6.98. The lowest BCUT2D eigenvalue weighted by molar-refractivity contribution is -0.274. The van der Waals surface area contributed by atoms with Crippen molar-refractivity contribution in [3.63, 3.8) is 0 Å². The van der Waals surface area contributed by atoms with Gasteiger partial charge in [0.1, 0.15) is 11.7 Å². The third-order valence-electron chi connectivity index (χ3n) is 13.8. The molecule has 1 aliphatic carbocycles. The van der Waals surface area contributed by atoms with Crippen molar-refractivity contribution >= 4 is 70.2 Å². The summed E-state index contributed by atoms with van der Waals surface area (Å²) < 4.78 is 75.6. The molecule has 19 nitrogen and oxygen atoms in total. The van der Waals surface area contributed by atoms with Crippen LogP contribution in [0.15, 0.2) is 42.6 Å². The van der Waals surface area contributed by atoms with E-state index in [0.717, 1.165) is 34.9 Å². The number of carbonyl (C=O) groups is 7. The van der Waals surface area contributed by atoms with E-state index in [0.29, 0.717) is 77.2 Å². The minimum Gasteiger partial charge on any atom is -0.404 e. The number of imide groups is 2. The number of ether oxygens (including phenoxy) is 1. The predicted octanol–water partition coefficient (Wildman–Crippen LogP) is 3.81. The number of halogens is 5. The number of aromatic nitrogens is 2. The number of hydrogen-bond acceptors (Lipinski definition) is 14. The molecule has 7 amide bonds. The average molecular weight is 980 g/mol. The van der Waals surface area contributed by atoms with Crippen molar-refractivity contribution in [1.82, 2.24) is 35.3 Å². The van der Waals surface area contributed by atoms with Crippen molar-refractivity contribution in [3.05, 3.63) is 59.3 Å². The number of piperidine rings is 2. The summed E-state index contributed by atoms with van der Waals surface area (Å²) in [5, 5.41) is 7.72. The minimum atomic E-state index is -5.17. The summed E-state index contributed by atoms with van der Waals surface area (Å²) in [7, 11) is 1.18. The molecule has 0 bridgehead atoms. The van der Waals surface area contributed by atoms with Crippen molar-refractivity contribution in [3.8, 4) is 5.75 Å². The smallest absolute Gasteiger partial charge is 0.404 e. The molecule has 1 atom stereocenters. The zero-order chi connectivity index (χ0) is 49.6. The van der Waals surface area contributed by atoms with E-state index in [4.69, 9.17) is 0 Å². The Morgan fingerprint density at radius 1 is 0.900 bits per heavy atom. The highest BCUT2D eigenvalue weighted by atomic mass is 19.4. The lowest BCUT2D eigenvalue weighted by Crippen LogP contribution is -2.54. The van der Waals surface area contributed by atoms with E-state index in [2.05, 4.69) is 35.6 Å². The van der Waals surface area contributed by atoms with Gasteiger partial charge in [-0.25, -0.2) is 4.98 Å². The van der Waals surface area contributed by atoms with Gasteiger partial charge in [0.25, 0.3) is 23.6 Å². The molecule has 5 aliphatic heterocycles. The number of nitrogens with one attached hydrogen (secondary N) is 3. The average Bonchev–Trinajstić information content (AvgIpc) is 3.94. The van der Waals surface area contributed by atoms with Gasteiger partial charge in [0.05, 0.1) is 35.2 Å². The van der Waals surface area contributed by atoms with E-state index < -0.39 is 66.1 Å². The van der Waals surface area contributed by atoms with Gasteiger partial charge in [0.2, 0.25) is 23.7 Å².